The van der Waals surface area contributed by atoms with Gasteiger partial charge in [-0.3, -0.25) is 9.69 Å². The first-order chi connectivity index (χ1) is 17.2. The number of carbonyl (C=O) groups excluding carboxylic acids is 2. The van der Waals surface area contributed by atoms with E-state index in [0.29, 0.717) is 44.5 Å². The highest BCUT2D eigenvalue weighted by Gasteiger charge is 2.44. The number of fused-ring (bicyclic) bond motifs is 1. The van der Waals surface area contributed by atoms with E-state index in [1.807, 2.05) is 0 Å². The van der Waals surface area contributed by atoms with Gasteiger partial charge in [0.2, 0.25) is 0 Å². The fourth-order valence-corrected chi connectivity index (χ4v) is 4.87. The summed E-state index contributed by atoms with van der Waals surface area (Å²) in [6.07, 6.45) is -0.915. The zero-order valence-corrected chi connectivity index (χ0v) is 19.8. The number of amides is 3. The third-order valence-corrected chi connectivity index (χ3v) is 6.81. The van der Waals surface area contributed by atoms with Gasteiger partial charge in [-0.1, -0.05) is 11.6 Å². The maximum atomic E-state index is 13.5. The zero-order chi connectivity index (χ0) is 25.4. The molecule has 8 nitrogen and oxygen atoms in total. The Morgan fingerprint density at radius 3 is 2.58 bits per heavy atom. The van der Waals surface area contributed by atoms with Gasteiger partial charge < -0.3 is 24.4 Å². The fourth-order valence-electron chi connectivity index (χ4n) is 4.75. The van der Waals surface area contributed by atoms with Crippen LogP contribution in [0, 0.1) is 5.82 Å². The zero-order valence-electron chi connectivity index (χ0n) is 19.0. The number of ether oxygens (including phenoxy) is 3. The van der Waals surface area contributed by atoms with Crippen LogP contribution in [-0.2, 0) is 4.79 Å². The number of benzene rings is 2. The van der Waals surface area contributed by atoms with Gasteiger partial charge in [-0.25, -0.2) is 9.18 Å². The molecule has 1 saturated carbocycles. The molecule has 0 radical (unpaired) electrons. The summed E-state index contributed by atoms with van der Waals surface area (Å²) in [4.78, 5) is 28.6. The van der Waals surface area contributed by atoms with Crippen molar-refractivity contribution >= 4 is 29.2 Å². The van der Waals surface area contributed by atoms with Crippen molar-refractivity contribution < 1.29 is 37.0 Å². The van der Waals surface area contributed by atoms with Crippen LogP contribution in [0.5, 0.6) is 17.2 Å². The Bertz CT molecular complexity index is 1180. The quantitative estimate of drug-likeness (QED) is 0.598. The highest BCUT2D eigenvalue weighted by molar-refractivity contribution is 6.30. The van der Waals surface area contributed by atoms with E-state index in [2.05, 4.69) is 14.8 Å². The van der Waals surface area contributed by atoms with Crippen molar-refractivity contribution in [2.45, 2.75) is 44.1 Å². The first-order valence-electron chi connectivity index (χ1n) is 11.5. The molecule has 2 aromatic carbocycles. The Labute approximate surface area is 209 Å². The standard InChI is InChI=1S/C24H23ClF3N3O5/c25-18-7-6-17(12-19(18)26)34-13-22(32)29-14-1-3-15(4-2-14)30-9-10-31(23(30)33)16-5-8-20-21(11-16)36-24(27,28)35-20/h5-8,11-12,14-15H,1-4,9-10,13H2,(H,29,32)/t14-,15-. The highest BCUT2D eigenvalue weighted by Crippen LogP contribution is 2.43. The van der Waals surface area contributed by atoms with Crippen molar-refractivity contribution in [1.82, 2.24) is 10.2 Å². The molecule has 0 unspecified atom stereocenters. The van der Waals surface area contributed by atoms with Crippen LogP contribution in [0.3, 0.4) is 0 Å². The number of halogens is 4. The van der Waals surface area contributed by atoms with E-state index in [9.17, 15) is 22.8 Å². The number of anilines is 1. The van der Waals surface area contributed by atoms with Gasteiger partial charge in [0, 0.05) is 43.0 Å². The number of nitrogens with one attached hydrogen (secondary N) is 1. The minimum absolute atomic E-state index is 0.0160. The number of carbonyl (C=O) groups is 2. The van der Waals surface area contributed by atoms with Crippen molar-refractivity contribution in [2.75, 3.05) is 24.6 Å². The Kier molecular flexibility index (Phi) is 6.50. The number of nitrogens with zero attached hydrogens (tertiary/aromatic N) is 2. The number of urea groups is 1. The van der Waals surface area contributed by atoms with E-state index < -0.39 is 12.1 Å². The number of rotatable bonds is 6. The molecule has 192 valence electrons. The van der Waals surface area contributed by atoms with Crippen molar-refractivity contribution in [3.63, 3.8) is 0 Å². The van der Waals surface area contributed by atoms with Gasteiger partial charge in [0.05, 0.1) is 5.02 Å². The van der Waals surface area contributed by atoms with E-state index in [1.165, 1.54) is 29.2 Å². The van der Waals surface area contributed by atoms with Crippen molar-refractivity contribution in [2.24, 2.45) is 0 Å². The molecule has 2 aromatic rings. The van der Waals surface area contributed by atoms with Gasteiger partial charge in [-0.15, -0.1) is 8.78 Å². The van der Waals surface area contributed by atoms with E-state index in [1.54, 1.807) is 11.0 Å². The van der Waals surface area contributed by atoms with Crippen LogP contribution < -0.4 is 24.4 Å². The summed E-state index contributed by atoms with van der Waals surface area (Å²) in [5, 5.41) is 2.89. The summed E-state index contributed by atoms with van der Waals surface area (Å²) >= 11 is 5.64. The lowest BCUT2D eigenvalue weighted by molar-refractivity contribution is -0.286. The number of hydrogen-bond donors (Lipinski definition) is 1. The molecule has 12 heteroatoms. The van der Waals surface area contributed by atoms with Crippen LogP contribution in [0.15, 0.2) is 36.4 Å². The average Bonchev–Trinajstić information content (AvgIpc) is 3.37. The molecule has 0 spiro atoms. The molecular formula is C24H23ClF3N3O5. The third kappa shape index (κ3) is 5.11. The molecule has 0 atom stereocenters. The smallest absolute Gasteiger partial charge is 0.484 e. The summed E-state index contributed by atoms with van der Waals surface area (Å²) in [7, 11) is 0. The van der Waals surface area contributed by atoms with Crippen LogP contribution in [-0.4, -0.2) is 54.9 Å². The first-order valence-corrected chi connectivity index (χ1v) is 11.9. The second-order valence-corrected chi connectivity index (χ2v) is 9.27. The molecule has 3 amide bonds. The normalized spacial score (nSPS) is 22.6. The molecule has 1 saturated heterocycles. The van der Waals surface area contributed by atoms with Gasteiger partial charge in [0.25, 0.3) is 5.91 Å². The molecule has 2 heterocycles. The molecule has 1 N–H and O–H groups in total. The molecule has 36 heavy (non-hydrogen) atoms. The van der Waals surface area contributed by atoms with Gasteiger partial charge >= 0.3 is 12.3 Å². The minimum atomic E-state index is -3.71. The number of alkyl halides is 2. The van der Waals surface area contributed by atoms with E-state index in [4.69, 9.17) is 16.3 Å². The second-order valence-electron chi connectivity index (χ2n) is 8.86. The molecule has 2 fully saturated rings. The summed E-state index contributed by atoms with van der Waals surface area (Å²) in [5.74, 6) is -0.902. The maximum Gasteiger partial charge on any atom is 0.586 e. The van der Waals surface area contributed by atoms with Crippen LogP contribution in [0.25, 0.3) is 0 Å². The molecule has 5 rings (SSSR count). The van der Waals surface area contributed by atoms with Gasteiger partial charge in [-0.2, -0.15) is 0 Å². The molecule has 1 aliphatic carbocycles. The van der Waals surface area contributed by atoms with Gasteiger partial charge in [-0.05, 0) is 49.9 Å². The topological polar surface area (TPSA) is 80.3 Å². The van der Waals surface area contributed by atoms with Crippen LogP contribution >= 0.6 is 11.6 Å². The van der Waals surface area contributed by atoms with E-state index in [-0.39, 0.29) is 52.9 Å². The minimum Gasteiger partial charge on any atom is -0.484 e. The van der Waals surface area contributed by atoms with Crippen LogP contribution in [0.1, 0.15) is 25.7 Å². The summed E-state index contributed by atoms with van der Waals surface area (Å²) in [6, 6.07) is 8.03. The molecule has 0 bridgehead atoms. The van der Waals surface area contributed by atoms with Crippen molar-refractivity contribution in [3.05, 3.63) is 47.2 Å². The lowest BCUT2D eigenvalue weighted by Crippen LogP contribution is -2.46. The van der Waals surface area contributed by atoms with Crippen LogP contribution in [0.4, 0.5) is 23.7 Å². The fraction of sp³-hybridized carbons (Fsp3) is 0.417. The first kappa shape index (κ1) is 24.4. The Balaban J connectivity index is 1.10. The predicted octanol–water partition coefficient (Wildman–Crippen LogP) is 4.55. The Hall–Kier alpha value is -3.34. The van der Waals surface area contributed by atoms with Gasteiger partial charge in [0.15, 0.2) is 18.1 Å². The summed E-state index contributed by atoms with van der Waals surface area (Å²) in [5.41, 5.74) is 0.462. The summed E-state index contributed by atoms with van der Waals surface area (Å²) in [6.45, 7) is 0.687. The largest absolute Gasteiger partial charge is 0.586 e. The van der Waals surface area contributed by atoms with Crippen molar-refractivity contribution in [3.8, 4) is 17.2 Å². The average molecular weight is 526 g/mol. The van der Waals surface area contributed by atoms with E-state index >= 15 is 0 Å². The third-order valence-electron chi connectivity index (χ3n) is 6.50. The maximum absolute atomic E-state index is 13.5. The Morgan fingerprint density at radius 1 is 1.08 bits per heavy atom. The Morgan fingerprint density at radius 2 is 1.83 bits per heavy atom. The lowest BCUT2D eigenvalue weighted by atomic mass is 9.90. The predicted molar refractivity (Wildman–Crippen MR) is 123 cm³/mol. The molecule has 0 aromatic heterocycles. The monoisotopic (exact) mass is 525 g/mol. The van der Waals surface area contributed by atoms with E-state index in [0.717, 1.165) is 6.07 Å². The summed E-state index contributed by atoms with van der Waals surface area (Å²) < 4.78 is 54.3. The highest BCUT2D eigenvalue weighted by atomic mass is 35.5. The van der Waals surface area contributed by atoms with Gasteiger partial charge in [0.1, 0.15) is 11.6 Å². The lowest BCUT2D eigenvalue weighted by Gasteiger charge is -2.34. The second kappa shape index (κ2) is 9.61. The SMILES string of the molecule is O=C(COc1ccc(Cl)c(F)c1)N[C@H]1CC[C@H](N2CCN(c3ccc4c(c3)OC(F)(F)O4)C2=O)CC1. The molecular weight excluding hydrogens is 503 g/mol. The van der Waals surface area contributed by atoms with Crippen molar-refractivity contribution in [1.29, 1.82) is 0 Å². The number of hydrogen-bond acceptors (Lipinski definition) is 5. The molecule has 2 aliphatic heterocycles. The van der Waals surface area contributed by atoms with Crippen LogP contribution in [0.2, 0.25) is 5.02 Å². The molecule has 3 aliphatic rings.